The van der Waals surface area contributed by atoms with E-state index in [1.54, 1.807) is 0 Å². The number of aliphatic hydroxyl groups is 1. The number of piperidine rings is 4. The predicted octanol–water partition coefficient (Wildman–Crippen LogP) is 1.17. The van der Waals surface area contributed by atoms with E-state index >= 15 is 0 Å². The number of unbranched alkanes of at least 4 members (excludes halogenated alkanes) is 1. The van der Waals surface area contributed by atoms with Crippen LogP contribution in [0.25, 0.3) is 0 Å². The number of aliphatic hydroxyl groups excluding tert-OH is 1. The molecule has 0 spiro atoms. The van der Waals surface area contributed by atoms with Crippen LogP contribution in [0.15, 0.2) is 0 Å². The van der Waals surface area contributed by atoms with Crippen LogP contribution < -0.4 is 0 Å². The maximum atomic E-state index is 10.1. The summed E-state index contributed by atoms with van der Waals surface area (Å²) in [6.45, 7) is 9.24. The molecule has 0 aromatic heterocycles. The molecule has 1 atom stereocenters. The summed E-state index contributed by atoms with van der Waals surface area (Å²) >= 11 is 0. The Balaban J connectivity index is 0.00000161. The second-order valence-electron chi connectivity index (χ2n) is 8.16. The number of nitrogens with zero attached hydrogens (tertiary/aromatic N) is 2. The Bertz CT molecular complexity index is 321. The molecule has 4 aliphatic rings. The zero-order chi connectivity index (χ0) is 14.1. The van der Waals surface area contributed by atoms with E-state index in [9.17, 15) is 5.11 Å². The molecule has 4 saturated heterocycles. The summed E-state index contributed by atoms with van der Waals surface area (Å²) in [6, 6.07) is 0. The van der Waals surface area contributed by atoms with Gasteiger partial charge in [-0.25, -0.2) is 0 Å². The first-order valence-corrected chi connectivity index (χ1v) is 8.98. The molecule has 0 saturated carbocycles. The highest BCUT2D eigenvalue weighted by atomic mass is 16.3. The largest absolute Gasteiger partial charge is 0.412 e. The lowest BCUT2D eigenvalue weighted by atomic mass is 9.83. The standard InChI is InChI=1S/C17H34N2O.H2O/c1-18(9-3-2-4-10-18)11-5-6-12-19-13-7-16(8-14-19)17(20)15-19;/h16-17,20H,2-15H2,1H3;1H2/q+2;. The molecule has 4 nitrogen and oxygen atoms in total. The number of fused-ring (bicyclic) bond motifs is 3. The summed E-state index contributed by atoms with van der Waals surface area (Å²) in [5.41, 5.74) is 0. The quantitative estimate of drug-likeness (QED) is 0.601. The minimum absolute atomic E-state index is 0. The molecule has 4 heterocycles. The van der Waals surface area contributed by atoms with Gasteiger partial charge < -0.3 is 19.5 Å². The lowest BCUT2D eigenvalue weighted by Crippen LogP contribution is -2.63. The molecular weight excluding hydrogens is 264 g/mol. The molecule has 21 heavy (non-hydrogen) atoms. The van der Waals surface area contributed by atoms with Gasteiger partial charge in [-0.3, -0.25) is 0 Å². The summed E-state index contributed by atoms with van der Waals surface area (Å²) < 4.78 is 2.56. The average molecular weight is 300 g/mol. The Morgan fingerprint density at radius 1 is 0.905 bits per heavy atom. The first-order chi connectivity index (χ1) is 9.61. The monoisotopic (exact) mass is 300 g/mol. The molecule has 0 aromatic rings. The van der Waals surface area contributed by atoms with Gasteiger partial charge in [0, 0.05) is 31.6 Å². The van der Waals surface area contributed by atoms with E-state index in [0.717, 1.165) is 6.54 Å². The summed E-state index contributed by atoms with van der Waals surface area (Å²) in [4.78, 5) is 0. The van der Waals surface area contributed by atoms with Crippen molar-refractivity contribution < 1.29 is 19.5 Å². The molecule has 4 aliphatic heterocycles. The minimum atomic E-state index is 0. The molecule has 4 fully saturated rings. The van der Waals surface area contributed by atoms with E-state index in [2.05, 4.69) is 7.05 Å². The Morgan fingerprint density at radius 2 is 1.52 bits per heavy atom. The normalized spacial score (nSPS) is 38.0. The zero-order valence-electron chi connectivity index (χ0n) is 13.9. The van der Waals surface area contributed by atoms with E-state index in [-0.39, 0.29) is 11.6 Å². The molecule has 0 radical (unpaired) electrons. The maximum Gasteiger partial charge on any atom is 0.106 e. The van der Waals surface area contributed by atoms with Crippen LogP contribution in [0.5, 0.6) is 0 Å². The molecule has 4 heteroatoms. The summed E-state index contributed by atoms with van der Waals surface area (Å²) in [7, 11) is 2.46. The molecule has 2 bridgehead atoms. The van der Waals surface area contributed by atoms with Crippen molar-refractivity contribution in [3.8, 4) is 0 Å². The molecule has 0 amide bonds. The second kappa shape index (κ2) is 6.95. The third kappa shape index (κ3) is 3.98. The second-order valence-corrected chi connectivity index (χ2v) is 8.16. The van der Waals surface area contributed by atoms with E-state index < -0.39 is 0 Å². The fourth-order valence-corrected chi connectivity index (χ4v) is 5.00. The summed E-state index contributed by atoms with van der Waals surface area (Å²) in [5.74, 6) is 0.632. The Morgan fingerprint density at radius 3 is 2.14 bits per heavy atom. The van der Waals surface area contributed by atoms with Crippen LogP contribution in [0.1, 0.15) is 44.9 Å². The highest BCUT2D eigenvalue weighted by molar-refractivity contribution is 4.79. The first-order valence-electron chi connectivity index (χ1n) is 8.98. The van der Waals surface area contributed by atoms with E-state index in [0.29, 0.717) is 5.92 Å². The van der Waals surface area contributed by atoms with Crippen LogP contribution in [-0.4, -0.2) is 78.5 Å². The van der Waals surface area contributed by atoms with Gasteiger partial charge >= 0.3 is 0 Å². The molecule has 124 valence electrons. The van der Waals surface area contributed by atoms with Crippen molar-refractivity contribution in [3.05, 3.63) is 0 Å². The maximum absolute atomic E-state index is 10.1. The highest BCUT2D eigenvalue weighted by Gasteiger charge is 2.44. The van der Waals surface area contributed by atoms with Crippen molar-refractivity contribution >= 4 is 0 Å². The van der Waals surface area contributed by atoms with Crippen molar-refractivity contribution in [2.75, 3.05) is 52.9 Å². The lowest BCUT2D eigenvalue weighted by Gasteiger charge is -2.51. The van der Waals surface area contributed by atoms with Gasteiger partial charge in [-0.05, 0) is 19.3 Å². The third-order valence-corrected chi connectivity index (χ3v) is 6.54. The smallest absolute Gasteiger partial charge is 0.106 e. The Labute approximate surface area is 130 Å². The van der Waals surface area contributed by atoms with Crippen LogP contribution in [-0.2, 0) is 0 Å². The molecular formula is C17H36N2O2+2. The molecule has 1 unspecified atom stereocenters. The van der Waals surface area contributed by atoms with Crippen LogP contribution >= 0.6 is 0 Å². The topological polar surface area (TPSA) is 51.7 Å². The summed E-state index contributed by atoms with van der Waals surface area (Å²) in [5, 5.41) is 10.1. The molecule has 4 rings (SSSR count). The van der Waals surface area contributed by atoms with Crippen molar-refractivity contribution in [1.29, 1.82) is 0 Å². The number of hydrogen-bond donors (Lipinski definition) is 1. The zero-order valence-corrected chi connectivity index (χ0v) is 13.9. The third-order valence-electron chi connectivity index (χ3n) is 6.54. The van der Waals surface area contributed by atoms with Crippen molar-refractivity contribution in [3.63, 3.8) is 0 Å². The number of quaternary nitrogens is 2. The van der Waals surface area contributed by atoms with E-state index in [1.807, 2.05) is 0 Å². The highest BCUT2D eigenvalue weighted by Crippen LogP contribution is 2.34. The number of hydrogen-bond acceptors (Lipinski definition) is 1. The fourth-order valence-electron chi connectivity index (χ4n) is 5.00. The SMILES string of the molecule is C[N+]1(CCCC[N+]23CCC(CC2)C(O)C3)CCCCC1.O. The van der Waals surface area contributed by atoms with Crippen LogP contribution in [0.4, 0.5) is 0 Å². The molecule has 0 aliphatic carbocycles. The van der Waals surface area contributed by atoms with Gasteiger partial charge in [-0.1, -0.05) is 0 Å². The fraction of sp³-hybridized carbons (Fsp3) is 1.00. The molecule has 3 N–H and O–H groups in total. The number of rotatable bonds is 5. The van der Waals surface area contributed by atoms with Gasteiger partial charge in [0.15, 0.2) is 0 Å². The number of likely N-dealkylation sites (tertiary alicyclic amines) is 1. The lowest BCUT2D eigenvalue weighted by molar-refractivity contribution is -0.947. The van der Waals surface area contributed by atoms with Gasteiger partial charge in [0.1, 0.15) is 12.6 Å². The van der Waals surface area contributed by atoms with Gasteiger partial charge in [-0.2, -0.15) is 0 Å². The van der Waals surface area contributed by atoms with Crippen molar-refractivity contribution in [1.82, 2.24) is 0 Å². The minimum Gasteiger partial charge on any atom is -0.412 e. The molecule has 0 aromatic carbocycles. The van der Waals surface area contributed by atoms with E-state index in [4.69, 9.17) is 0 Å². The summed E-state index contributed by atoms with van der Waals surface area (Å²) in [6.07, 6.45) is 9.62. The van der Waals surface area contributed by atoms with E-state index in [1.165, 1.54) is 93.2 Å². The van der Waals surface area contributed by atoms with Crippen molar-refractivity contribution in [2.45, 2.75) is 51.0 Å². The van der Waals surface area contributed by atoms with Gasteiger partial charge in [0.25, 0.3) is 0 Å². The van der Waals surface area contributed by atoms with Crippen LogP contribution in [0, 0.1) is 5.92 Å². The predicted molar refractivity (Wildman–Crippen MR) is 85.9 cm³/mol. The first kappa shape index (κ1) is 17.2. The van der Waals surface area contributed by atoms with Crippen molar-refractivity contribution in [2.24, 2.45) is 5.92 Å². The average Bonchev–Trinajstić information content (AvgIpc) is 2.46. The van der Waals surface area contributed by atoms with Crippen LogP contribution in [0.2, 0.25) is 0 Å². The van der Waals surface area contributed by atoms with Gasteiger partial charge in [0.2, 0.25) is 0 Å². The van der Waals surface area contributed by atoms with Crippen LogP contribution in [0.3, 0.4) is 0 Å². The van der Waals surface area contributed by atoms with Gasteiger partial charge in [0.05, 0.1) is 46.3 Å². The van der Waals surface area contributed by atoms with Gasteiger partial charge in [-0.15, -0.1) is 0 Å². The Kier molecular flexibility index (Phi) is 5.69. The Hall–Kier alpha value is -0.160.